The highest BCUT2D eigenvalue weighted by molar-refractivity contribution is 7.22. The molecule has 1 aromatic carbocycles. The lowest BCUT2D eigenvalue weighted by molar-refractivity contribution is -0.402. The van der Waals surface area contributed by atoms with Crippen molar-refractivity contribution < 1.29 is 18.9 Å². The molecule has 1 fully saturated rings. The lowest BCUT2D eigenvalue weighted by Crippen LogP contribution is -2.43. The number of benzene rings is 1. The van der Waals surface area contributed by atoms with Crippen LogP contribution in [0, 0.1) is 10.1 Å². The Morgan fingerprint density at radius 1 is 1.24 bits per heavy atom. The molecule has 0 unspecified atom stereocenters. The molecule has 29 heavy (non-hydrogen) atoms. The summed E-state index contributed by atoms with van der Waals surface area (Å²) in [6, 6.07) is 10.2. The number of nitrogens with zero attached hydrogens (tertiary/aromatic N) is 4. The van der Waals surface area contributed by atoms with Gasteiger partial charge in [-0.05, 0) is 18.2 Å². The standard InChI is InChI=1S/C18H18N4O5S.ClH/c23-17(14-5-6-16(27-14)22(24)25)21(8-7-20-9-11-26-12-10-20)18-19-13-3-1-2-4-15(13)28-18;/h1-6H,7-12H2;1H. The van der Waals surface area contributed by atoms with Crippen molar-refractivity contribution in [1.29, 1.82) is 0 Å². The van der Waals surface area contributed by atoms with Gasteiger partial charge in [0.2, 0.25) is 0 Å². The number of rotatable bonds is 6. The van der Waals surface area contributed by atoms with Crippen molar-refractivity contribution in [1.82, 2.24) is 9.88 Å². The molecule has 154 valence electrons. The fourth-order valence-corrected chi connectivity index (χ4v) is 3.99. The first-order valence-corrected chi connectivity index (χ1v) is 9.65. The minimum absolute atomic E-state index is 0. The van der Waals surface area contributed by atoms with E-state index in [-0.39, 0.29) is 18.2 Å². The highest BCUT2D eigenvalue weighted by Gasteiger charge is 2.26. The number of ether oxygens (including phenoxy) is 1. The van der Waals surface area contributed by atoms with Crippen LogP contribution in [0.25, 0.3) is 10.2 Å². The second-order valence-corrected chi connectivity index (χ2v) is 7.28. The summed E-state index contributed by atoms with van der Waals surface area (Å²) in [6.45, 7) is 3.97. The average Bonchev–Trinajstić information content (AvgIpc) is 3.36. The molecule has 3 aromatic rings. The quantitative estimate of drug-likeness (QED) is 0.430. The van der Waals surface area contributed by atoms with Gasteiger partial charge in [0, 0.05) is 26.2 Å². The number of hydrogen-bond donors (Lipinski definition) is 0. The van der Waals surface area contributed by atoms with Crippen LogP contribution in [0.3, 0.4) is 0 Å². The molecule has 1 aliphatic heterocycles. The number of para-hydroxylation sites is 1. The molecule has 0 bridgehead atoms. The van der Waals surface area contributed by atoms with Crippen LogP contribution >= 0.6 is 23.7 Å². The third kappa shape index (κ3) is 4.73. The predicted octanol–water partition coefficient (Wildman–Crippen LogP) is 3.20. The lowest BCUT2D eigenvalue weighted by Gasteiger charge is -2.28. The molecule has 4 rings (SSSR count). The molecule has 0 spiro atoms. The van der Waals surface area contributed by atoms with Crippen LogP contribution in [0.2, 0.25) is 0 Å². The monoisotopic (exact) mass is 438 g/mol. The number of thiazole rings is 1. The van der Waals surface area contributed by atoms with Crippen LogP contribution in [-0.2, 0) is 4.74 Å². The number of furan rings is 1. The molecule has 1 amide bonds. The van der Waals surface area contributed by atoms with Crippen LogP contribution in [0.1, 0.15) is 10.6 Å². The van der Waals surface area contributed by atoms with Crippen molar-refractivity contribution in [3.8, 4) is 0 Å². The largest absolute Gasteiger partial charge is 0.433 e. The Kier molecular flexibility index (Phi) is 6.80. The van der Waals surface area contributed by atoms with Gasteiger partial charge in [-0.1, -0.05) is 23.5 Å². The molecule has 0 aliphatic carbocycles. The minimum Gasteiger partial charge on any atom is -0.395 e. The van der Waals surface area contributed by atoms with Gasteiger partial charge in [0.1, 0.15) is 4.92 Å². The van der Waals surface area contributed by atoms with Crippen molar-refractivity contribution >= 4 is 50.9 Å². The maximum absolute atomic E-state index is 13.1. The van der Waals surface area contributed by atoms with Crippen LogP contribution in [0.4, 0.5) is 11.0 Å². The Hall–Kier alpha value is -2.53. The van der Waals surface area contributed by atoms with Gasteiger partial charge in [0.25, 0.3) is 5.91 Å². The Labute approximate surface area is 176 Å². The van der Waals surface area contributed by atoms with Gasteiger partial charge < -0.3 is 9.15 Å². The van der Waals surface area contributed by atoms with E-state index in [2.05, 4.69) is 9.88 Å². The van der Waals surface area contributed by atoms with Crippen molar-refractivity contribution in [2.24, 2.45) is 0 Å². The third-order valence-corrected chi connectivity index (χ3v) is 5.54. The molecule has 2 aromatic heterocycles. The first kappa shape index (κ1) is 21.2. The summed E-state index contributed by atoms with van der Waals surface area (Å²) in [4.78, 5) is 31.6. The van der Waals surface area contributed by atoms with E-state index in [1.54, 1.807) is 0 Å². The number of hydrogen-bond acceptors (Lipinski definition) is 8. The molecule has 0 saturated carbocycles. The van der Waals surface area contributed by atoms with Gasteiger partial charge in [-0.2, -0.15) is 0 Å². The van der Waals surface area contributed by atoms with E-state index in [9.17, 15) is 14.9 Å². The van der Waals surface area contributed by atoms with Crippen LogP contribution in [0.15, 0.2) is 40.8 Å². The number of carbonyl (C=O) groups is 1. The topological polar surface area (TPSA) is 102 Å². The maximum atomic E-state index is 13.1. The smallest absolute Gasteiger partial charge is 0.395 e. The van der Waals surface area contributed by atoms with Crippen molar-refractivity contribution in [3.05, 3.63) is 52.3 Å². The number of carbonyl (C=O) groups excluding carboxylic acids is 1. The summed E-state index contributed by atoms with van der Waals surface area (Å²) in [5, 5.41) is 11.4. The van der Waals surface area contributed by atoms with Gasteiger partial charge in [-0.3, -0.25) is 24.7 Å². The zero-order chi connectivity index (χ0) is 19.5. The summed E-state index contributed by atoms with van der Waals surface area (Å²) in [7, 11) is 0. The van der Waals surface area contributed by atoms with Crippen molar-refractivity contribution in [2.75, 3.05) is 44.3 Å². The van der Waals surface area contributed by atoms with Crippen molar-refractivity contribution in [2.45, 2.75) is 0 Å². The van der Waals surface area contributed by atoms with E-state index >= 15 is 0 Å². The number of amides is 1. The number of halogens is 1. The highest BCUT2D eigenvalue weighted by atomic mass is 35.5. The molecule has 1 saturated heterocycles. The lowest BCUT2D eigenvalue weighted by atomic mass is 10.3. The van der Waals surface area contributed by atoms with E-state index in [0.717, 1.165) is 23.3 Å². The second kappa shape index (κ2) is 9.31. The molecule has 3 heterocycles. The van der Waals surface area contributed by atoms with Crippen LogP contribution in [0.5, 0.6) is 0 Å². The van der Waals surface area contributed by atoms with E-state index in [0.29, 0.717) is 31.4 Å². The summed E-state index contributed by atoms with van der Waals surface area (Å²) < 4.78 is 11.5. The minimum atomic E-state index is -0.660. The van der Waals surface area contributed by atoms with Gasteiger partial charge in [0.05, 0.1) is 29.5 Å². The number of morpholine rings is 1. The Bertz CT molecular complexity index is 968. The van der Waals surface area contributed by atoms with Gasteiger partial charge in [-0.15, -0.1) is 12.4 Å². The number of aromatic nitrogens is 1. The zero-order valence-electron chi connectivity index (χ0n) is 15.4. The summed E-state index contributed by atoms with van der Waals surface area (Å²) >= 11 is 1.40. The molecular weight excluding hydrogens is 420 g/mol. The Balaban J connectivity index is 0.00000240. The first-order chi connectivity index (χ1) is 13.6. The molecule has 0 radical (unpaired) electrons. The molecule has 0 atom stereocenters. The molecule has 0 N–H and O–H groups in total. The normalized spacial score (nSPS) is 14.5. The summed E-state index contributed by atoms with van der Waals surface area (Å²) in [5.41, 5.74) is 0.803. The summed E-state index contributed by atoms with van der Waals surface area (Å²) in [6.07, 6.45) is 0. The molecule has 11 heteroatoms. The number of nitro groups is 1. The third-order valence-electron chi connectivity index (χ3n) is 4.48. The number of fused-ring (bicyclic) bond motifs is 1. The Morgan fingerprint density at radius 3 is 2.69 bits per heavy atom. The van der Waals surface area contributed by atoms with Crippen LogP contribution < -0.4 is 4.90 Å². The number of anilines is 1. The van der Waals surface area contributed by atoms with E-state index in [1.807, 2.05) is 24.3 Å². The van der Waals surface area contributed by atoms with Gasteiger partial charge in [0.15, 0.2) is 10.9 Å². The first-order valence-electron chi connectivity index (χ1n) is 8.83. The fourth-order valence-electron chi connectivity index (χ4n) is 3.00. The highest BCUT2D eigenvalue weighted by Crippen LogP contribution is 2.30. The van der Waals surface area contributed by atoms with Crippen molar-refractivity contribution in [3.63, 3.8) is 0 Å². The molecular formula is C18H19ClN4O5S. The summed E-state index contributed by atoms with van der Waals surface area (Å²) in [5.74, 6) is -0.978. The fraction of sp³-hybridized carbons (Fsp3) is 0.333. The Morgan fingerprint density at radius 2 is 2.00 bits per heavy atom. The average molecular weight is 439 g/mol. The molecule has 9 nitrogen and oxygen atoms in total. The maximum Gasteiger partial charge on any atom is 0.433 e. The molecule has 1 aliphatic rings. The predicted molar refractivity (Wildman–Crippen MR) is 111 cm³/mol. The van der Waals surface area contributed by atoms with Crippen LogP contribution in [-0.4, -0.2) is 60.1 Å². The SMILES string of the molecule is Cl.O=C(c1ccc([N+](=O)[O-])o1)N(CCN1CCOCC1)c1nc2ccccc2s1. The van der Waals surface area contributed by atoms with E-state index < -0.39 is 16.7 Å². The second-order valence-electron chi connectivity index (χ2n) is 6.27. The van der Waals surface area contributed by atoms with E-state index in [4.69, 9.17) is 9.15 Å². The van der Waals surface area contributed by atoms with Gasteiger partial charge >= 0.3 is 5.88 Å². The zero-order valence-corrected chi connectivity index (χ0v) is 17.0. The van der Waals surface area contributed by atoms with Gasteiger partial charge in [-0.25, -0.2) is 4.98 Å². The van der Waals surface area contributed by atoms with E-state index in [1.165, 1.54) is 28.4 Å².